The van der Waals surface area contributed by atoms with E-state index in [0.29, 0.717) is 36.9 Å². The Morgan fingerprint density at radius 2 is 1.92 bits per heavy atom. The first-order valence-corrected chi connectivity index (χ1v) is 11.7. The van der Waals surface area contributed by atoms with Gasteiger partial charge in [0.25, 0.3) is 0 Å². The van der Waals surface area contributed by atoms with Crippen LogP contribution in [0.4, 0.5) is 0 Å². The van der Waals surface area contributed by atoms with Gasteiger partial charge in [0.15, 0.2) is 0 Å². The van der Waals surface area contributed by atoms with Gasteiger partial charge in [-0.2, -0.15) is 0 Å². The van der Waals surface area contributed by atoms with Crippen molar-refractivity contribution in [1.82, 2.24) is 5.32 Å². The Balaban J connectivity index is 1.68. The zero-order valence-corrected chi connectivity index (χ0v) is 16.7. The predicted molar refractivity (Wildman–Crippen MR) is 102 cm³/mol. The third-order valence-electron chi connectivity index (χ3n) is 6.39. The van der Waals surface area contributed by atoms with E-state index in [2.05, 4.69) is 25.2 Å². The molecule has 26 heavy (non-hydrogen) atoms. The standard InChI is InChI=1S/C19H34N2O4S/c1-12(2)21-9-16(22)10-25-17-8-7-15(11-26(20,23)24)18-13-3-5-14(6-4-13)19(17)18/h7,12-14,16-19,21-22H,3-6,8-11H2,1-2H3,(H2,20,23,24). The van der Waals surface area contributed by atoms with E-state index < -0.39 is 16.1 Å². The molecule has 0 spiro atoms. The number of aliphatic hydroxyl groups excluding tert-OH is 1. The molecule has 0 aromatic rings. The Hall–Kier alpha value is -0.470. The fraction of sp³-hybridized carbons (Fsp3) is 0.895. The fourth-order valence-corrected chi connectivity index (χ4v) is 6.15. The predicted octanol–water partition coefficient (Wildman–Crippen LogP) is 1.40. The SMILES string of the molecule is CC(C)NCC(O)COC1CC=C(CS(N)(=O)=O)C2C3CCC(CC3)C12. The summed E-state index contributed by atoms with van der Waals surface area (Å²) < 4.78 is 29.5. The maximum absolute atomic E-state index is 11.7. The van der Waals surface area contributed by atoms with Crippen molar-refractivity contribution in [2.75, 3.05) is 18.9 Å². The number of aliphatic hydroxyl groups is 1. The Labute approximate surface area is 157 Å². The second kappa shape index (κ2) is 8.27. The molecule has 3 fully saturated rings. The fourth-order valence-electron chi connectivity index (χ4n) is 5.37. The quantitative estimate of drug-likeness (QED) is 0.547. The highest BCUT2D eigenvalue weighted by Gasteiger charge is 2.50. The van der Waals surface area contributed by atoms with E-state index in [1.165, 1.54) is 25.7 Å². The van der Waals surface area contributed by atoms with Gasteiger partial charge in [0.1, 0.15) is 0 Å². The van der Waals surface area contributed by atoms with Gasteiger partial charge in [-0.05, 0) is 55.8 Å². The van der Waals surface area contributed by atoms with Crippen LogP contribution in [-0.4, -0.2) is 50.7 Å². The van der Waals surface area contributed by atoms with Crippen LogP contribution in [0, 0.1) is 23.7 Å². The van der Waals surface area contributed by atoms with Gasteiger partial charge >= 0.3 is 0 Å². The van der Waals surface area contributed by atoms with Crippen molar-refractivity contribution in [3.63, 3.8) is 0 Å². The third kappa shape index (κ3) is 4.87. The third-order valence-corrected chi connectivity index (χ3v) is 7.12. The van der Waals surface area contributed by atoms with E-state index in [-0.39, 0.29) is 17.8 Å². The van der Waals surface area contributed by atoms with Crippen molar-refractivity contribution in [2.45, 2.75) is 64.2 Å². The average molecular weight is 387 g/mol. The summed E-state index contributed by atoms with van der Waals surface area (Å²) >= 11 is 0. The molecule has 7 heteroatoms. The summed E-state index contributed by atoms with van der Waals surface area (Å²) in [5.41, 5.74) is 1.01. The number of hydrogen-bond donors (Lipinski definition) is 3. The molecule has 0 aromatic heterocycles. The molecule has 4 unspecified atom stereocenters. The summed E-state index contributed by atoms with van der Waals surface area (Å²) in [5.74, 6) is 1.78. The number of rotatable bonds is 8. The van der Waals surface area contributed by atoms with Crippen molar-refractivity contribution >= 4 is 10.0 Å². The Kier molecular flexibility index (Phi) is 6.45. The molecule has 0 radical (unpaired) electrons. The second-order valence-electron chi connectivity index (χ2n) is 8.69. The van der Waals surface area contributed by atoms with Crippen LogP contribution in [0.2, 0.25) is 0 Å². The van der Waals surface area contributed by atoms with Crippen LogP contribution in [0.3, 0.4) is 0 Å². The molecule has 6 nitrogen and oxygen atoms in total. The van der Waals surface area contributed by atoms with Crippen molar-refractivity contribution in [1.29, 1.82) is 0 Å². The number of fused-ring (bicyclic) bond motifs is 2. The van der Waals surface area contributed by atoms with Crippen molar-refractivity contribution < 1.29 is 18.3 Å². The van der Waals surface area contributed by atoms with Crippen molar-refractivity contribution in [2.24, 2.45) is 28.8 Å². The number of hydrogen-bond acceptors (Lipinski definition) is 5. The van der Waals surface area contributed by atoms with E-state index in [9.17, 15) is 13.5 Å². The summed E-state index contributed by atoms with van der Waals surface area (Å²) in [6.07, 6.45) is 7.12. The summed E-state index contributed by atoms with van der Waals surface area (Å²) in [6.45, 7) is 4.95. The monoisotopic (exact) mass is 386 g/mol. The van der Waals surface area contributed by atoms with Gasteiger partial charge in [0.05, 0.1) is 24.6 Å². The summed E-state index contributed by atoms with van der Waals surface area (Å²) in [6, 6.07) is 0.335. The zero-order valence-electron chi connectivity index (χ0n) is 15.9. The first kappa shape index (κ1) is 20.3. The number of sulfonamides is 1. The number of nitrogens with two attached hydrogens (primary N) is 1. The number of nitrogens with one attached hydrogen (secondary N) is 1. The highest BCUT2D eigenvalue weighted by atomic mass is 32.2. The molecule has 0 saturated heterocycles. The van der Waals surface area contributed by atoms with Gasteiger partial charge < -0.3 is 15.2 Å². The molecule has 0 heterocycles. The molecular formula is C19H34N2O4S. The largest absolute Gasteiger partial charge is 0.389 e. The normalized spacial score (nSPS) is 35.3. The minimum atomic E-state index is -3.51. The molecule has 4 aliphatic rings. The summed E-state index contributed by atoms with van der Waals surface area (Å²) in [7, 11) is -3.51. The Bertz CT molecular complexity index is 611. The number of ether oxygens (including phenoxy) is 1. The maximum atomic E-state index is 11.7. The van der Waals surface area contributed by atoms with Crippen LogP contribution < -0.4 is 10.5 Å². The van der Waals surface area contributed by atoms with E-state index in [1.807, 2.05) is 0 Å². The average Bonchev–Trinajstić information content (AvgIpc) is 2.58. The van der Waals surface area contributed by atoms with Crippen LogP contribution in [0.25, 0.3) is 0 Å². The first-order chi connectivity index (χ1) is 12.2. The van der Waals surface area contributed by atoms with Gasteiger partial charge in [-0.25, -0.2) is 13.6 Å². The van der Waals surface area contributed by atoms with Crippen LogP contribution >= 0.6 is 0 Å². The van der Waals surface area contributed by atoms with Gasteiger partial charge in [0.2, 0.25) is 10.0 Å². The van der Waals surface area contributed by atoms with E-state index in [1.54, 1.807) is 0 Å². The minimum Gasteiger partial charge on any atom is -0.389 e. The molecule has 2 bridgehead atoms. The molecular weight excluding hydrogens is 352 g/mol. The topological polar surface area (TPSA) is 102 Å². The van der Waals surface area contributed by atoms with Gasteiger partial charge in [-0.3, -0.25) is 0 Å². The van der Waals surface area contributed by atoms with Gasteiger partial charge in [-0.1, -0.05) is 25.5 Å². The van der Waals surface area contributed by atoms with Crippen LogP contribution in [0.15, 0.2) is 11.6 Å². The summed E-state index contributed by atoms with van der Waals surface area (Å²) in [4.78, 5) is 0. The number of primary sulfonamides is 1. The molecule has 3 saturated carbocycles. The molecule has 4 rings (SSSR count). The summed E-state index contributed by atoms with van der Waals surface area (Å²) in [5, 5.41) is 18.7. The lowest BCUT2D eigenvalue weighted by Crippen LogP contribution is -2.50. The maximum Gasteiger partial charge on any atom is 0.212 e. The van der Waals surface area contributed by atoms with E-state index >= 15 is 0 Å². The molecule has 4 aliphatic carbocycles. The van der Waals surface area contributed by atoms with Crippen molar-refractivity contribution in [3.8, 4) is 0 Å². The van der Waals surface area contributed by atoms with E-state index in [0.717, 1.165) is 12.0 Å². The van der Waals surface area contributed by atoms with Crippen LogP contribution in [-0.2, 0) is 14.8 Å². The van der Waals surface area contributed by atoms with E-state index in [4.69, 9.17) is 9.88 Å². The molecule has 4 atom stereocenters. The minimum absolute atomic E-state index is 0.0228. The lowest BCUT2D eigenvalue weighted by molar-refractivity contribution is -0.0975. The lowest BCUT2D eigenvalue weighted by atomic mass is 9.53. The molecule has 150 valence electrons. The highest BCUT2D eigenvalue weighted by Crippen LogP contribution is 2.55. The molecule has 0 aliphatic heterocycles. The van der Waals surface area contributed by atoms with Crippen molar-refractivity contribution in [3.05, 3.63) is 11.6 Å². The lowest BCUT2D eigenvalue weighted by Gasteiger charge is -2.54. The second-order valence-corrected chi connectivity index (χ2v) is 10.3. The van der Waals surface area contributed by atoms with Gasteiger partial charge in [0, 0.05) is 12.6 Å². The van der Waals surface area contributed by atoms with Crippen LogP contribution in [0.1, 0.15) is 46.0 Å². The highest BCUT2D eigenvalue weighted by molar-refractivity contribution is 7.89. The molecule has 0 aromatic carbocycles. The van der Waals surface area contributed by atoms with Crippen LogP contribution in [0.5, 0.6) is 0 Å². The molecule has 0 amide bonds. The van der Waals surface area contributed by atoms with Gasteiger partial charge in [-0.15, -0.1) is 0 Å². The molecule has 4 N–H and O–H groups in total. The Morgan fingerprint density at radius 3 is 2.54 bits per heavy atom. The smallest absolute Gasteiger partial charge is 0.212 e. The Morgan fingerprint density at radius 1 is 1.27 bits per heavy atom. The first-order valence-electron chi connectivity index (χ1n) is 9.97. The zero-order chi connectivity index (χ0) is 18.9.